The molecule has 0 aliphatic carbocycles. The number of hydrogen-bond acceptors (Lipinski definition) is 4. The van der Waals surface area contributed by atoms with Gasteiger partial charge in [0, 0.05) is 18.4 Å². The highest BCUT2D eigenvalue weighted by Gasteiger charge is 2.26. The van der Waals surface area contributed by atoms with Gasteiger partial charge in [-0.2, -0.15) is 0 Å². The van der Waals surface area contributed by atoms with Crippen molar-refractivity contribution in [3.8, 4) is 5.75 Å². The van der Waals surface area contributed by atoms with E-state index in [1.165, 1.54) is 18.1 Å². The lowest BCUT2D eigenvalue weighted by atomic mass is 10.1. The molecule has 0 bridgehead atoms. The number of methoxy groups -OCH3 is 1. The molecule has 0 atom stereocenters. The van der Waals surface area contributed by atoms with E-state index in [0.717, 1.165) is 0 Å². The van der Waals surface area contributed by atoms with E-state index >= 15 is 0 Å². The molecule has 0 saturated heterocycles. The molecule has 7 heteroatoms. The molecule has 25 heavy (non-hydrogen) atoms. The Morgan fingerprint density at radius 3 is 2.88 bits per heavy atom. The van der Waals surface area contributed by atoms with E-state index in [-0.39, 0.29) is 37.4 Å². The molecular formula is C18H17FN2O4. The fourth-order valence-electron chi connectivity index (χ4n) is 2.58. The number of benzene rings is 2. The lowest BCUT2D eigenvalue weighted by Gasteiger charge is -2.30. The van der Waals surface area contributed by atoms with Crippen LogP contribution >= 0.6 is 0 Å². The van der Waals surface area contributed by atoms with Gasteiger partial charge in [-0.25, -0.2) is 4.39 Å². The van der Waals surface area contributed by atoms with Crippen LogP contribution in [0.1, 0.15) is 5.56 Å². The highest BCUT2D eigenvalue weighted by molar-refractivity contribution is 5.99. The van der Waals surface area contributed by atoms with Gasteiger partial charge in [-0.1, -0.05) is 18.2 Å². The molecule has 0 spiro atoms. The van der Waals surface area contributed by atoms with Crippen LogP contribution in [0, 0.1) is 5.82 Å². The van der Waals surface area contributed by atoms with Crippen molar-refractivity contribution in [3.63, 3.8) is 0 Å². The minimum atomic E-state index is -0.382. The van der Waals surface area contributed by atoms with Gasteiger partial charge in [0.15, 0.2) is 6.61 Å². The fourth-order valence-corrected chi connectivity index (χ4v) is 2.58. The summed E-state index contributed by atoms with van der Waals surface area (Å²) in [6.07, 6.45) is 0. The summed E-state index contributed by atoms with van der Waals surface area (Å²) in [6.45, 7) is -0.111. The molecule has 1 N–H and O–H groups in total. The van der Waals surface area contributed by atoms with Crippen molar-refractivity contribution >= 4 is 23.2 Å². The third kappa shape index (κ3) is 3.77. The predicted molar refractivity (Wildman–Crippen MR) is 90.0 cm³/mol. The SMILES string of the molecule is COCC(=O)Nc1ccc2c(c1)N(Cc1ccccc1F)C(=O)CO2. The van der Waals surface area contributed by atoms with Gasteiger partial charge in [0.1, 0.15) is 18.2 Å². The van der Waals surface area contributed by atoms with Crippen molar-refractivity contribution in [2.24, 2.45) is 0 Å². The van der Waals surface area contributed by atoms with E-state index < -0.39 is 0 Å². The topological polar surface area (TPSA) is 67.9 Å². The number of fused-ring (bicyclic) bond motifs is 1. The Morgan fingerprint density at radius 2 is 2.12 bits per heavy atom. The Morgan fingerprint density at radius 1 is 1.32 bits per heavy atom. The molecule has 1 aliphatic heterocycles. The molecule has 0 fully saturated rings. The first-order chi connectivity index (χ1) is 12.1. The van der Waals surface area contributed by atoms with Gasteiger partial charge in [-0.15, -0.1) is 0 Å². The van der Waals surface area contributed by atoms with Crippen LogP contribution in [0.2, 0.25) is 0 Å². The second kappa shape index (κ2) is 7.31. The molecule has 6 nitrogen and oxygen atoms in total. The van der Waals surface area contributed by atoms with Crippen LogP contribution in [0.4, 0.5) is 15.8 Å². The van der Waals surface area contributed by atoms with Crippen LogP contribution in [-0.4, -0.2) is 32.1 Å². The third-order valence-electron chi connectivity index (χ3n) is 3.75. The van der Waals surface area contributed by atoms with E-state index in [4.69, 9.17) is 9.47 Å². The van der Waals surface area contributed by atoms with E-state index in [1.807, 2.05) is 0 Å². The van der Waals surface area contributed by atoms with Gasteiger partial charge < -0.3 is 19.7 Å². The average Bonchev–Trinajstić information content (AvgIpc) is 2.59. The first-order valence-corrected chi connectivity index (χ1v) is 7.68. The Kier molecular flexibility index (Phi) is 4.95. The minimum Gasteiger partial charge on any atom is -0.482 e. The van der Waals surface area contributed by atoms with Crippen LogP contribution in [-0.2, 0) is 20.9 Å². The zero-order valence-electron chi connectivity index (χ0n) is 13.6. The van der Waals surface area contributed by atoms with E-state index in [9.17, 15) is 14.0 Å². The third-order valence-corrected chi connectivity index (χ3v) is 3.75. The summed E-state index contributed by atoms with van der Waals surface area (Å²) in [5.41, 5.74) is 1.38. The number of amides is 2. The van der Waals surface area contributed by atoms with Crippen LogP contribution in [0.15, 0.2) is 42.5 Å². The van der Waals surface area contributed by atoms with Crippen molar-refractivity contribution in [2.75, 3.05) is 30.5 Å². The number of carbonyl (C=O) groups is 2. The first kappa shape index (κ1) is 16.9. The normalized spacial score (nSPS) is 13.2. The van der Waals surface area contributed by atoms with E-state index in [2.05, 4.69) is 5.32 Å². The predicted octanol–water partition coefficient (Wildman–Crippen LogP) is 2.34. The van der Waals surface area contributed by atoms with Crippen LogP contribution < -0.4 is 15.0 Å². The summed E-state index contributed by atoms with van der Waals surface area (Å²) in [5.74, 6) is -0.476. The molecule has 2 amide bonds. The van der Waals surface area contributed by atoms with Gasteiger partial charge >= 0.3 is 0 Å². The number of carbonyl (C=O) groups excluding carboxylic acids is 2. The summed E-state index contributed by atoms with van der Waals surface area (Å²) in [7, 11) is 1.43. The molecule has 3 rings (SSSR count). The van der Waals surface area contributed by atoms with Gasteiger partial charge in [0.25, 0.3) is 5.91 Å². The molecule has 1 heterocycles. The van der Waals surface area contributed by atoms with Gasteiger partial charge in [0.05, 0.1) is 12.2 Å². The Bertz CT molecular complexity index is 809. The number of nitrogens with zero attached hydrogens (tertiary/aromatic N) is 1. The Labute approximate surface area is 144 Å². The highest BCUT2D eigenvalue weighted by atomic mass is 19.1. The largest absolute Gasteiger partial charge is 0.482 e. The van der Waals surface area contributed by atoms with Crippen LogP contribution in [0.25, 0.3) is 0 Å². The van der Waals surface area contributed by atoms with Crippen LogP contribution in [0.3, 0.4) is 0 Å². The second-order valence-corrected chi connectivity index (χ2v) is 5.52. The Balaban J connectivity index is 1.89. The van der Waals surface area contributed by atoms with Crippen molar-refractivity contribution in [1.82, 2.24) is 0 Å². The molecule has 1 aliphatic rings. The molecular weight excluding hydrogens is 327 g/mol. The van der Waals surface area contributed by atoms with Crippen LogP contribution in [0.5, 0.6) is 5.75 Å². The molecule has 0 unspecified atom stereocenters. The van der Waals surface area contributed by atoms with Crippen molar-refractivity contribution in [1.29, 1.82) is 0 Å². The molecule has 2 aromatic carbocycles. The number of anilines is 2. The summed E-state index contributed by atoms with van der Waals surface area (Å²) in [6, 6.07) is 11.2. The minimum absolute atomic E-state index is 0.0779. The molecule has 0 saturated carbocycles. The average molecular weight is 344 g/mol. The van der Waals surface area contributed by atoms with Gasteiger partial charge in [-0.3, -0.25) is 9.59 Å². The van der Waals surface area contributed by atoms with Crippen molar-refractivity contribution in [3.05, 3.63) is 53.8 Å². The van der Waals surface area contributed by atoms with Crippen molar-refractivity contribution in [2.45, 2.75) is 6.54 Å². The Hall–Kier alpha value is -2.93. The lowest BCUT2D eigenvalue weighted by Crippen LogP contribution is -2.38. The molecule has 2 aromatic rings. The maximum atomic E-state index is 13.9. The highest BCUT2D eigenvalue weighted by Crippen LogP contribution is 2.35. The fraction of sp³-hybridized carbons (Fsp3) is 0.222. The molecule has 130 valence electrons. The van der Waals surface area contributed by atoms with Gasteiger partial charge in [0.2, 0.25) is 5.91 Å². The number of nitrogens with one attached hydrogen (secondary N) is 1. The summed E-state index contributed by atoms with van der Waals surface area (Å²) < 4.78 is 24.1. The maximum absolute atomic E-state index is 13.9. The monoisotopic (exact) mass is 344 g/mol. The van der Waals surface area contributed by atoms with Gasteiger partial charge in [-0.05, 0) is 24.3 Å². The molecule has 0 radical (unpaired) electrons. The second-order valence-electron chi connectivity index (χ2n) is 5.52. The first-order valence-electron chi connectivity index (χ1n) is 7.68. The summed E-state index contributed by atoms with van der Waals surface area (Å²) in [5, 5.41) is 2.67. The standard InChI is InChI=1S/C18H17FN2O4/c1-24-10-17(22)20-13-6-7-16-15(8-13)21(18(23)11-25-16)9-12-4-2-3-5-14(12)19/h2-8H,9-11H2,1H3,(H,20,22). The molecule has 0 aromatic heterocycles. The summed E-state index contributed by atoms with van der Waals surface area (Å²) >= 11 is 0. The quantitative estimate of drug-likeness (QED) is 0.904. The number of halogens is 1. The van der Waals surface area contributed by atoms with Crippen molar-refractivity contribution < 1.29 is 23.5 Å². The summed E-state index contributed by atoms with van der Waals surface area (Å²) in [4.78, 5) is 25.4. The van der Waals surface area contributed by atoms with E-state index in [1.54, 1.807) is 36.4 Å². The zero-order chi connectivity index (χ0) is 17.8. The number of hydrogen-bond donors (Lipinski definition) is 1. The smallest absolute Gasteiger partial charge is 0.265 e. The van der Waals surface area contributed by atoms with E-state index in [0.29, 0.717) is 22.7 Å². The lowest BCUT2D eigenvalue weighted by molar-refractivity contribution is -0.121. The maximum Gasteiger partial charge on any atom is 0.265 e. The number of ether oxygens (including phenoxy) is 2. The zero-order valence-corrected chi connectivity index (χ0v) is 13.6. The number of rotatable bonds is 5.